The van der Waals surface area contributed by atoms with E-state index in [4.69, 9.17) is 5.21 Å². The van der Waals surface area contributed by atoms with E-state index in [9.17, 15) is 0 Å². The predicted octanol–water partition coefficient (Wildman–Crippen LogP) is 0.505. The Hall–Kier alpha value is -0.0800. The van der Waals surface area contributed by atoms with Gasteiger partial charge in [-0.25, -0.2) is 5.90 Å². The fourth-order valence-corrected chi connectivity index (χ4v) is 0. The fraction of sp³-hybridized carbons (Fsp3) is 1.00. The maximum atomic E-state index is 6.50. The van der Waals surface area contributed by atoms with Crippen LogP contribution in [-0.2, 0) is 0 Å². The lowest BCUT2D eigenvalue weighted by Crippen LogP contribution is -1.72. The van der Waals surface area contributed by atoms with Crippen LogP contribution in [0.2, 0.25) is 0 Å². The minimum absolute atomic E-state index is 1.50. The monoisotopic (exact) mass is 75.1 g/mol. The Kier molecular flexibility index (Phi) is 3.86. The molecule has 0 unspecified atom stereocenters. The molecular weight excluding hydrogens is 66.0 g/mol. The van der Waals surface area contributed by atoms with Crippen LogP contribution in [0.3, 0.4) is 0 Å². The molecule has 3 N–H and O–H groups in total. The van der Waals surface area contributed by atoms with Gasteiger partial charge in [0.2, 0.25) is 0 Å². The molecule has 0 aromatic heterocycles. The van der Waals surface area contributed by atoms with Crippen LogP contribution in [-0.4, -0.2) is 5.21 Å². The van der Waals surface area contributed by atoms with Crippen LogP contribution < -0.4 is 5.90 Å². The molecule has 32 valence electrons. The summed E-state index contributed by atoms with van der Waals surface area (Å²) in [6.07, 6.45) is 4.50. The maximum Gasteiger partial charge on any atom is -0.0533 e. The Morgan fingerprint density at radius 1 is 1.00 bits per heavy atom. The molecule has 0 radical (unpaired) electrons. The van der Waals surface area contributed by atoms with E-state index in [1.165, 1.54) is 19.3 Å². The molecule has 2 nitrogen and oxygen atoms in total. The molecule has 5 heavy (non-hydrogen) atoms. The van der Waals surface area contributed by atoms with Crippen molar-refractivity contribution in [1.29, 1.82) is 0 Å². The summed E-state index contributed by atoms with van der Waals surface area (Å²) >= 11 is 0. The molecule has 2 heteroatoms. The maximum absolute atomic E-state index is 6.50. The molecule has 0 aromatic carbocycles. The molecule has 0 atom stereocenters. The first kappa shape index (κ1) is 4.92. The van der Waals surface area contributed by atoms with Gasteiger partial charge < -0.3 is 5.21 Å². The van der Waals surface area contributed by atoms with Gasteiger partial charge in [-0.1, -0.05) is 19.3 Å². The first-order chi connectivity index (χ1) is 2.50. The highest BCUT2D eigenvalue weighted by atomic mass is 16.4. The van der Waals surface area contributed by atoms with Gasteiger partial charge in [-0.15, -0.1) is 0 Å². The average molecular weight is 75.1 g/mol. The Balaban J connectivity index is 0.0000000733. The van der Waals surface area contributed by atoms with Gasteiger partial charge in [0.05, 0.1) is 0 Å². The molecular formula is C3H9NO. The summed E-state index contributed by atoms with van der Waals surface area (Å²) in [5.74, 6) is 3.50. The number of hydrogen-bond acceptors (Lipinski definition) is 2. The predicted molar refractivity (Wildman–Crippen MR) is 19.8 cm³/mol. The molecule has 0 amide bonds. The highest BCUT2D eigenvalue weighted by molar-refractivity contribution is 4.50. The van der Waals surface area contributed by atoms with Crippen molar-refractivity contribution in [2.24, 2.45) is 5.90 Å². The smallest absolute Gasteiger partial charge is 0.0533 e. The third-order valence-electron chi connectivity index (χ3n) is 0.354. The van der Waals surface area contributed by atoms with E-state index in [0.29, 0.717) is 0 Å². The summed E-state index contributed by atoms with van der Waals surface area (Å²) in [4.78, 5) is 0. The van der Waals surface area contributed by atoms with Crippen molar-refractivity contribution >= 4 is 0 Å². The minimum atomic E-state index is 1.50. The lowest BCUT2D eigenvalue weighted by molar-refractivity contribution is 0.311. The Bertz CT molecular complexity index is 11.6. The van der Waals surface area contributed by atoms with E-state index in [2.05, 4.69) is 5.90 Å². The Labute approximate surface area is 31.6 Å². The fourth-order valence-electron chi connectivity index (χ4n) is 0. The van der Waals surface area contributed by atoms with Crippen LogP contribution in [0.4, 0.5) is 0 Å². The second-order valence-corrected chi connectivity index (χ2v) is 1.06. The van der Waals surface area contributed by atoms with E-state index in [1.807, 2.05) is 0 Å². The van der Waals surface area contributed by atoms with E-state index >= 15 is 0 Å². The molecule has 0 saturated heterocycles. The molecule has 1 fully saturated rings. The quantitative estimate of drug-likeness (QED) is 0.412. The zero-order valence-corrected chi connectivity index (χ0v) is 3.15. The van der Waals surface area contributed by atoms with Gasteiger partial charge in [0.25, 0.3) is 0 Å². The van der Waals surface area contributed by atoms with E-state index in [0.717, 1.165) is 0 Å². The molecule has 1 aliphatic rings. The summed E-state index contributed by atoms with van der Waals surface area (Å²) in [7, 11) is 0. The zero-order valence-electron chi connectivity index (χ0n) is 3.15. The van der Waals surface area contributed by atoms with Gasteiger partial charge in [0.1, 0.15) is 0 Å². The van der Waals surface area contributed by atoms with E-state index in [-0.39, 0.29) is 0 Å². The third kappa shape index (κ3) is 17.1. The Morgan fingerprint density at radius 3 is 1.20 bits per heavy atom. The number of hydrogen-bond donors (Lipinski definition) is 2. The Morgan fingerprint density at radius 2 is 1.20 bits per heavy atom. The summed E-state index contributed by atoms with van der Waals surface area (Å²) in [5.41, 5.74) is 0. The highest BCUT2D eigenvalue weighted by Crippen LogP contribution is 2.14. The minimum Gasteiger partial charge on any atom is -0.320 e. The van der Waals surface area contributed by atoms with Crippen molar-refractivity contribution in [2.45, 2.75) is 19.3 Å². The second kappa shape index (κ2) is 3.92. The number of nitrogens with two attached hydrogens (primary N) is 1. The largest absolute Gasteiger partial charge is 0.320 e. The van der Waals surface area contributed by atoms with Gasteiger partial charge in [-0.2, -0.15) is 0 Å². The average Bonchev–Trinajstić information content (AvgIpc) is 2.19. The first-order valence-corrected chi connectivity index (χ1v) is 1.76. The van der Waals surface area contributed by atoms with Crippen molar-refractivity contribution in [2.75, 3.05) is 0 Å². The van der Waals surface area contributed by atoms with Gasteiger partial charge in [0.15, 0.2) is 0 Å². The van der Waals surface area contributed by atoms with E-state index in [1.54, 1.807) is 0 Å². The standard InChI is InChI=1S/C3H6.H3NO/c1-2-3-1;1-2/h1-3H2;2H,1H2. The normalized spacial score (nSPS) is 15.6. The number of rotatable bonds is 0. The first-order valence-electron chi connectivity index (χ1n) is 1.76. The molecule has 1 rings (SSSR count). The third-order valence-corrected chi connectivity index (χ3v) is 0.354. The molecule has 1 aliphatic carbocycles. The van der Waals surface area contributed by atoms with Gasteiger partial charge >= 0.3 is 0 Å². The molecule has 0 spiro atoms. The molecule has 0 bridgehead atoms. The lowest BCUT2D eigenvalue weighted by atomic mass is 11.0. The van der Waals surface area contributed by atoms with Crippen LogP contribution in [0.15, 0.2) is 0 Å². The molecule has 0 heterocycles. The van der Waals surface area contributed by atoms with Crippen LogP contribution in [0, 0.1) is 0 Å². The highest BCUT2D eigenvalue weighted by Gasteiger charge is 1.95. The van der Waals surface area contributed by atoms with Gasteiger partial charge in [0, 0.05) is 0 Å². The summed E-state index contributed by atoms with van der Waals surface area (Å²) < 4.78 is 0. The summed E-state index contributed by atoms with van der Waals surface area (Å²) in [5, 5.41) is 6.50. The van der Waals surface area contributed by atoms with Crippen molar-refractivity contribution in [3.63, 3.8) is 0 Å². The van der Waals surface area contributed by atoms with Crippen molar-refractivity contribution < 1.29 is 5.21 Å². The van der Waals surface area contributed by atoms with Gasteiger partial charge in [-0.05, 0) is 0 Å². The van der Waals surface area contributed by atoms with Crippen LogP contribution >= 0.6 is 0 Å². The molecule has 1 saturated carbocycles. The summed E-state index contributed by atoms with van der Waals surface area (Å²) in [6, 6.07) is 0. The van der Waals surface area contributed by atoms with E-state index < -0.39 is 0 Å². The second-order valence-electron chi connectivity index (χ2n) is 1.06. The molecule has 0 aromatic rings. The van der Waals surface area contributed by atoms with Crippen LogP contribution in [0.25, 0.3) is 0 Å². The summed E-state index contributed by atoms with van der Waals surface area (Å²) in [6.45, 7) is 0. The van der Waals surface area contributed by atoms with Crippen molar-refractivity contribution in [3.05, 3.63) is 0 Å². The van der Waals surface area contributed by atoms with Crippen LogP contribution in [0.5, 0.6) is 0 Å². The zero-order chi connectivity index (χ0) is 4.12. The molecule has 0 aliphatic heterocycles. The SMILES string of the molecule is C1CC1.NO. The topological polar surface area (TPSA) is 46.2 Å². The van der Waals surface area contributed by atoms with Crippen molar-refractivity contribution in [3.8, 4) is 0 Å². The van der Waals surface area contributed by atoms with Crippen molar-refractivity contribution in [1.82, 2.24) is 0 Å². The van der Waals surface area contributed by atoms with Gasteiger partial charge in [-0.3, -0.25) is 0 Å². The van der Waals surface area contributed by atoms with Crippen LogP contribution in [0.1, 0.15) is 19.3 Å². The lowest BCUT2D eigenvalue weighted by Gasteiger charge is -1.27.